The molecule has 3 rings (SSSR count). The summed E-state index contributed by atoms with van der Waals surface area (Å²) in [4.78, 5) is 1.27. The zero-order chi connectivity index (χ0) is 12.7. The van der Waals surface area contributed by atoms with Crippen molar-refractivity contribution >= 4 is 16.9 Å². The zero-order valence-corrected chi connectivity index (χ0v) is 11.8. The smallest absolute Gasteiger partial charge is 0.163 e. The average molecular weight is 265 g/mol. The Morgan fingerprint density at radius 3 is 3.06 bits per heavy atom. The highest BCUT2D eigenvalue weighted by Gasteiger charge is 2.32. The Hall–Kier alpha value is -0.840. The third-order valence-electron chi connectivity index (χ3n) is 3.75. The lowest BCUT2D eigenvalue weighted by Crippen LogP contribution is -2.36. The van der Waals surface area contributed by atoms with Gasteiger partial charge in [0, 0.05) is 30.4 Å². The molecule has 3 nitrogen and oxygen atoms in total. The van der Waals surface area contributed by atoms with Crippen LogP contribution in [-0.2, 0) is 9.47 Å². The first-order valence-electron chi connectivity index (χ1n) is 6.41. The molecule has 0 saturated heterocycles. The van der Waals surface area contributed by atoms with Crippen molar-refractivity contribution in [2.45, 2.75) is 32.6 Å². The van der Waals surface area contributed by atoms with Crippen molar-refractivity contribution in [2.75, 3.05) is 13.7 Å². The number of rotatable bonds is 2. The van der Waals surface area contributed by atoms with E-state index >= 15 is 0 Å². The van der Waals surface area contributed by atoms with Crippen molar-refractivity contribution in [3.63, 3.8) is 0 Å². The second-order valence-corrected chi connectivity index (χ2v) is 6.16. The molecule has 0 bridgehead atoms. The topological polar surface area (TPSA) is 30.5 Å². The molecule has 0 saturated carbocycles. The summed E-state index contributed by atoms with van der Waals surface area (Å²) in [5.74, 6) is 0.547. The summed E-state index contributed by atoms with van der Waals surface area (Å²) in [6, 6.07) is 2.18. The van der Waals surface area contributed by atoms with Gasteiger partial charge in [0.15, 0.2) is 6.23 Å². The molecule has 1 aromatic rings. The maximum Gasteiger partial charge on any atom is 0.163 e. The van der Waals surface area contributed by atoms with Crippen LogP contribution >= 0.6 is 11.3 Å². The minimum atomic E-state index is 0.00432. The van der Waals surface area contributed by atoms with E-state index in [1.165, 1.54) is 21.7 Å². The van der Waals surface area contributed by atoms with Crippen molar-refractivity contribution in [1.82, 2.24) is 5.32 Å². The van der Waals surface area contributed by atoms with E-state index in [2.05, 4.69) is 30.6 Å². The number of hydrogen-bond acceptors (Lipinski definition) is 4. The highest BCUT2D eigenvalue weighted by atomic mass is 32.1. The van der Waals surface area contributed by atoms with Gasteiger partial charge in [-0.1, -0.05) is 13.8 Å². The predicted octanol–water partition coefficient (Wildman–Crippen LogP) is 3.15. The SMILES string of the molecule is COC1NC2=C(COC(C(C)C)C2)c2ccsc21. The molecular weight excluding hydrogens is 246 g/mol. The Bertz CT molecular complexity index is 478. The minimum absolute atomic E-state index is 0.00432. The monoisotopic (exact) mass is 265 g/mol. The number of methoxy groups -OCH3 is 1. The van der Waals surface area contributed by atoms with Gasteiger partial charge in [0.05, 0.1) is 17.6 Å². The zero-order valence-electron chi connectivity index (χ0n) is 11.0. The molecule has 0 radical (unpaired) electrons. The van der Waals surface area contributed by atoms with Crippen molar-refractivity contribution in [1.29, 1.82) is 0 Å². The molecule has 98 valence electrons. The van der Waals surface area contributed by atoms with Gasteiger partial charge in [0.1, 0.15) is 0 Å². The molecule has 0 spiro atoms. The second-order valence-electron chi connectivity index (χ2n) is 5.21. The number of nitrogens with one attached hydrogen (secondary N) is 1. The van der Waals surface area contributed by atoms with E-state index in [1.54, 1.807) is 18.4 Å². The maximum atomic E-state index is 5.97. The Labute approximate surface area is 112 Å². The third kappa shape index (κ3) is 1.88. The molecular formula is C14H19NO2S. The second kappa shape index (κ2) is 4.68. The van der Waals surface area contributed by atoms with E-state index in [-0.39, 0.29) is 6.23 Å². The van der Waals surface area contributed by atoms with E-state index in [4.69, 9.17) is 9.47 Å². The minimum Gasteiger partial charge on any atom is -0.373 e. The van der Waals surface area contributed by atoms with Crippen LogP contribution < -0.4 is 5.32 Å². The molecule has 0 amide bonds. The molecule has 2 aliphatic heterocycles. The predicted molar refractivity (Wildman–Crippen MR) is 73.3 cm³/mol. The standard InChI is InChI=1S/C14H19NO2S/c1-8(2)12-6-11-10(7-17-12)9-4-5-18-13(9)14(15-11)16-3/h4-5,8,12,14-15H,6-7H2,1-3H3. The van der Waals surface area contributed by atoms with Gasteiger partial charge in [0.2, 0.25) is 0 Å². The number of ether oxygens (including phenoxy) is 2. The Kier molecular flexibility index (Phi) is 3.18. The van der Waals surface area contributed by atoms with Crippen molar-refractivity contribution in [3.8, 4) is 0 Å². The maximum absolute atomic E-state index is 5.97. The van der Waals surface area contributed by atoms with Crippen molar-refractivity contribution in [3.05, 3.63) is 27.6 Å². The van der Waals surface area contributed by atoms with Gasteiger partial charge in [-0.15, -0.1) is 11.3 Å². The molecule has 0 fully saturated rings. The number of fused-ring (bicyclic) bond motifs is 2. The average Bonchev–Trinajstić information content (AvgIpc) is 2.86. The summed E-state index contributed by atoms with van der Waals surface area (Å²) >= 11 is 1.74. The van der Waals surface area contributed by atoms with Gasteiger partial charge < -0.3 is 14.8 Å². The molecule has 2 aliphatic rings. The summed E-state index contributed by atoms with van der Waals surface area (Å²) in [6.45, 7) is 5.14. The largest absolute Gasteiger partial charge is 0.373 e. The van der Waals surface area contributed by atoms with Crippen LogP contribution in [0.25, 0.3) is 5.57 Å². The van der Waals surface area contributed by atoms with Gasteiger partial charge in [0.25, 0.3) is 0 Å². The molecule has 2 atom stereocenters. The van der Waals surface area contributed by atoms with Gasteiger partial charge in [-0.05, 0) is 17.4 Å². The summed E-state index contributed by atoms with van der Waals surface area (Å²) in [6.07, 6.45) is 1.28. The fourth-order valence-corrected chi connectivity index (χ4v) is 3.59. The van der Waals surface area contributed by atoms with Gasteiger partial charge in [-0.2, -0.15) is 0 Å². The number of hydrogen-bond donors (Lipinski definition) is 1. The van der Waals surface area contributed by atoms with E-state index in [0.717, 1.165) is 6.42 Å². The summed E-state index contributed by atoms with van der Waals surface area (Å²) in [7, 11) is 1.76. The number of thiophene rings is 1. The summed E-state index contributed by atoms with van der Waals surface area (Å²) in [5.41, 5.74) is 3.93. The summed E-state index contributed by atoms with van der Waals surface area (Å²) in [5, 5.41) is 5.65. The highest BCUT2D eigenvalue weighted by molar-refractivity contribution is 7.10. The Balaban J connectivity index is 1.95. The fraction of sp³-hybridized carbons (Fsp3) is 0.571. The molecule has 0 aromatic carbocycles. The Morgan fingerprint density at radius 1 is 1.50 bits per heavy atom. The lowest BCUT2D eigenvalue weighted by molar-refractivity contribution is 0.0249. The normalized spacial score (nSPS) is 26.9. The van der Waals surface area contributed by atoms with Gasteiger partial charge in [-0.25, -0.2) is 0 Å². The molecule has 1 N–H and O–H groups in total. The van der Waals surface area contributed by atoms with Crippen LogP contribution in [0.1, 0.15) is 36.9 Å². The lowest BCUT2D eigenvalue weighted by Gasteiger charge is -2.36. The van der Waals surface area contributed by atoms with Crippen molar-refractivity contribution in [2.24, 2.45) is 5.92 Å². The van der Waals surface area contributed by atoms with E-state index < -0.39 is 0 Å². The van der Waals surface area contributed by atoms with Crippen LogP contribution in [0.2, 0.25) is 0 Å². The molecule has 2 unspecified atom stereocenters. The van der Waals surface area contributed by atoms with Crippen LogP contribution in [-0.4, -0.2) is 19.8 Å². The highest BCUT2D eigenvalue weighted by Crippen LogP contribution is 2.40. The fourth-order valence-electron chi connectivity index (χ4n) is 2.64. The van der Waals surface area contributed by atoms with E-state index in [0.29, 0.717) is 18.6 Å². The molecule has 3 heterocycles. The quantitative estimate of drug-likeness (QED) is 0.891. The molecule has 0 aliphatic carbocycles. The van der Waals surface area contributed by atoms with E-state index in [9.17, 15) is 0 Å². The molecule has 4 heteroatoms. The lowest BCUT2D eigenvalue weighted by atomic mass is 9.92. The first-order chi connectivity index (χ1) is 8.70. The van der Waals surface area contributed by atoms with Crippen LogP contribution in [0.5, 0.6) is 0 Å². The Morgan fingerprint density at radius 2 is 2.33 bits per heavy atom. The molecule has 1 aromatic heterocycles. The van der Waals surface area contributed by atoms with E-state index in [1.807, 2.05) is 0 Å². The van der Waals surface area contributed by atoms with Crippen LogP contribution in [0.15, 0.2) is 17.1 Å². The van der Waals surface area contributed by atoms with Crippen LogP contribution in [0.4, 0.5) is 0 Å². The summed E-state index contributed by atoms with van der Waals surface area (Å²) < 4.78 is 11.5. The third-order valence-corrected chi connectivity index (χ3v) is 4.71. The van der Waals surface area contributed by atoms with Gasteiger partial charge >= 0.3 is 0 Å². The van der Waals surface area contributed by atoms with Crippen molar-refractivity contribution < 1.29 is 9.47 Å². The first kappa shape index (κ1) is 12.2. The van der Waals surface area contributed by atoms with Crippen LogP contribution in [0.3, 0.4) is 0 Å². The first-order valence-corrected chi connectivity index (χ1v) is 7.29. The van der Waals surface area contributed by atoms with Crippen LogP contribution in [0, 0.1) is 5.92 Å². The molecule has 18 heavy (non-hydrogen) atoms. The van der Waals surface area contributed by atoms with Gasteiger partial charge in [-0.3, -0.25) is 0 Å².